The Morgan fingerprint density at radius 1 is 1.35 bits per heavy atom. The normalized spacial score (nSPS) is 12.1. The Morgan fingerprint density at radius 3 is 2.78 bits per heavy atom. The highest BCUT2D eigenvalue weighted by atomic mass is 16.2. The van der Waals surface area contributed by atoms with Crippen LogP contribution in [0.3, 0.4) is 0 Å². The molecule has 23 heavy (non-hydrogen) atoms. The maximum absolute atomic E-state index is 12.1. The molecule has 2 aromatic rings. The van der Waals surface area contributed by atoms with E-state index in [0.29, 0.717) is 6.54 Å². The van der Waals surface area contributed by atoms with E-state index < -0.39 is 0 Å². The van der Waals surface area contributed by atoms with E-state index in [1.807, 2.05) is 44.1 Å². The van der Waals surface area contributed by atoms with Crippen molar-refractivity contribution in [1.29, 1.82) is 0 Å². The van der Waals surface area contributed by atoms with Crippen LogP contribution >= 0.6 is 0 Å². The van der Waals surface area contributed by atoms with Gasteiger partial charge in [-0.05, 0) is 26.0 Å². The predicted octanol–water partition coefficient (Wildman–Crippen LogP) is 2.32. The largest absolute Gasteiger partial charge is 0.345 e. The van der Waals surface area contributed by atoms with Crippen molar-refractivity contribution < 1.29 is 4.79 Å². The van der Waals surface area contributed by atoms with Gasteiger partial charge in [0.1, 0.15) is 0 Å². The lowest BCUT2D eigenvalue weighted by Crippen LogP contribution is -2.36. The highest BCUT2D eigenvalue weighted by Crippen LogP contribution is 2.17. The minimum Gasteiger partial charge on any atom is -0.345 e. The van der Waals surface area contributed by atoms with Crippen molar-refractivity contribution in [2.24, 2.45) is 5.92 Å². The van der Waals surface area contributed by atoms with E-state index in [9.17, 15) is 4.79 Å². The first-order chi connectivity index (χ1) is 11.1. The van der Waals surface area contributed by atoms with Crippen LogP contribution in [0.15, 0.2) is 36.4 Å². The molecule has 5 nitrogen and oxygen atoms in total. The molecule has 0 spiro atoms. The summed E-state index contributed by atoms with van der Waals surface area (Å²) in [5.41, 5.74) is 3.18. The number of hydrogen-bond acceptors (Lipinski definition) is 3. The van der Waals surface area contributed by atoms with Crippen LogP contribution in [0.5, 0.6) is 0 Å². The molecule has 0 aliphatic carbocycles. The molecule has 1 unspecified atom stereocenters. The summed E-state index contributed by atoms with van der Waals surface area (Å²) < 4.78 is 0. The van der Waals surface area contributed by atoms with Crippen molar-refractivity contribution in [3.05, 3.63) is 42.1 Å². The molecule has 0 fully saturated rings. The standard InChI is InChI=1S/C18H26N4O/c1-14(13-19-2)18(23)22(3)11-7-10-16-12-17(21-20-16)15-8-5-4-6-9-15/h4-6,8-9,12,14,19H,7,10-11,13H2,1-3H3,(H,20,21). The minimum absolute atomic E-state index is 0.0156. The maximum Gasteiger partial charge on any atom is 0.226 e. The third-order valence-electron chi connectivity index (χ3n) is 3.95. The molecule has 0 aliphatic rings. The van der Waals surface area contributed by atoms with Crippen LogP contribution in [0, 0.1) is 5.92 Å². The molecule has 1 aromatic carbocycles. The molecule has 0 saturated carbocycles. The molecule has 0 saturated heterocycles. The zero-order chi connectivity index (χ0) is 16.7. The summed E-state index contributed by atoms with van der Waals surface area (Å²) in [7, 11) is 3.74. The van der Waals surface area contributed by atoms with E-state index in [-0.39, 0.29) is 11.8 Å². The van der Waals surface area contributed by atoms with Crippen LogP contribution in [-0.2, 0) is 11.2 Å². The third-order valence-corrected chi connectivity index (χ3v) is 3.95. The molecule has 5 heteroatoms. The van der Waals surface area contributed by atoms with Gasteiger partial charge in [-0.25, -0.2) is 0 Å². The van der Waals surface area contributed by atoms with Gasteiger partial charge < -0.3 is 10.2 Å². The van der Waals surface area contributed by atoms with Crippen LogP contribution in [0.25, 0.3) is 11.3 Å². The molecule has 1 amide bonds. The smallest absolute Gasteiger partial charge is 0.226 e. The highest BCUT2D eigenvalue weighted by molar-refractivity contribution is 5.78. The van der Waals surface area contributed by atoms with E-state index in [1.165, 1.54) is 0 Å². The summed E-state index contributed by atoms with van der Waals surface area (Å²) >= 11 is 0. The second-order valence-electron chi connectivity index (χ2n) is 5.97. The van der Waals surface area contributed by atoms with Gasteiger partial charge in [0.2, 0.25) is 5.91 Å². The first-order valence-electron chi connectivity index (χ1n) is 8.11. The Morgan fingerprint density at radius 2 is 2.09 bits per heavy atom. The summed E-state index contributed by atoms with van der Waals surface area (Å²) in [6, 6.07) is 12.2. The second-order valence-corrected chi connectivity index (χ2v) is 5.97. The number of H-pyrrole nitrogens is 1. The van der Waals surface area contributed by atoms with E-state index in [0.717, 1.165) is 36.3 Å². The molecular weight excluding hydrogens is 288 g/mol. The molecule has 124 valence electrons. The first kappa shape index (κ1) is 17.2. The van der Waals surface area contributed by atoms with Gasteiger partial charge in [0.05, 0.1) is 5.69 Å². The average molecular weight is 314 g/mol. The lowest BCUT2D eigenvalue weighted by atomic mass is 10.1. The van der Waals surface area contributed by atoms with Crippen molar-refractivity contribution in [2.75, 3.05) is 27.2 Å². The number of carbonyl (C=O) groups is 1. The lowest BCUT2D eigenvalue weighted by Gasteiger charge is -2.21. The lowest BCUT2D eigenvalue weighted by molar-refractivity contribution is -0.133. The molecule has 1 heterocycles. The molecule has 0 aliphatic heterocycles. The molecular formula is C18H26N4O. The molecule has 0 bridgehead atoms. The SMILES string of the molecule is CNCC(C)C(=O)N(C)CCCc1cc(-c2ccccc2)n[nH]1. The quantitative estimate of drug-likeness (QED) is 0.786. The van der Waals surface area contributed by atoms with Crippen molar-refractivity contribution in [1.82, 2.24) is 20.4 Å². The number of carbonyl (C=O) groups excluding carboxylic acids is 1. The highest BCUT2D eigenvalue weighted by Gasteiger charge is 2.16. The van der Waals surface area contributed by atoms with Gasteiger partial charge in [0.25, 0.3) is 0 Å². The van der Waals surface area contributed by atoms with Crippen molar-refractivity contribution in [2.45, 2.75) is 19.8 Å². The van der Waals surface area contributed by atoms with Gasteiger partial charge in [0.15, 0.2) is 0 Å². The Kier molecular flexibility index (Phi) is 6.35. The number of aryl methyl sites for hydroxylation is 1. The Hall–Kier alpha value is -2.14. The Balaban J connectivity index is 1.81. The molecule has 0 radical (unpaired) electrons. The van der Waals surface area contributed by atoms with Crippen LogP contribution < -0.4 is 5.32 Å². The van der Waals surface area contributed by atoms with Crippen LogP contribution in [-0.4, -0.2) is 48.2 Å². The van der Waals surface area contributed by atoms with Crippen molar-refractivity contribution in [3.8, 4) is 11.3 Å². The number of aromatic nitrogens is 2. The second kappa shape index (κ2) is 8.48. The fraction of sp³-hybridized carbons (Fsp3) is 0.444. The van der Waals surface area contributed by atoms with Crippen LogP contribution in [0.2, 0.25) is 0 Å². The van der Waals surface area contributed by atoms with Crippen LogP contribution in [0.1, 0.15) is 19.0 Å². The van der Waals surface area contributed by atoms with E-state index >= 15 is 0 Å². The predicted molar refractivity (Wildman–Crippen MR) is 93.1 cm³/mol. The number of amides is 1. The van der Waals surface area contributed by atoms with Gasteiger partial charge in [-0.3, -0.25) is 9.89 Å². The summed E-state index contributed by atoms with van der Waals surface area (Å²) in [4.78, 5) is 13.9. The fourth-order valence-corrected chi connectivity index (χ4v) is 2.63. The minimum atomic E-state index is 0.0156. The van der Waals surface area contributed by atoms with E-state index in [1.54, 1.807) is 0 Å². The average Bonchev–Trinajstić information content (AvgIpc) is 3.04. The fourth-order valence-electron chi connectivity index (χ4n) is 2.63. The maximum atomic E-state index is 12.1. The van der Waals surface area contributed by atoms with E-state index in [4.69, 9.17) is 0 Å². The topological polar surface area (TPSA) is 61.0 Å². The molecule has 2 rings (SSSR count). The first-order valence-corrected chi connectivity index (χ1v) is 8.11. The van der Waals surface area contributed by atoms with Gasteiger partial charge in [0, 0.05) is 37.3 Å². The summed E-state index contributed by atoms with van der Waals surface area (Å²) in [6.07, 6.45) is 1.81. The summed E-state index contributed by atoms with van der Waals surface area (Å²) in [6.45, 7) is 3.42. The summed E-state index contributed by atoms with van der Waals surface area (Å²) in [5.74, 6) is 0.204. The molecule has 2 N–H and O–H groups in total. The number of benzene rings is 1. The zero-order valence-electron chi connectivity index (χ0n) is 14.2. The number of rotatable bonds is 8. The van der Waals surface area contributed by atoms with Crippen molar-refractivity contribution >= 4 is 5.91 Å². The number of nitrogens with one attached hydrogen (secondary N) is 2. The van der Waals surface area contributed by atoms with Crippen molar-refractivity contribution in [3.63, 3.8) is 0 Å². The summed E-state index contributed by atoms with van der Waals surface area (Å²) in [5, 5.41) is 10.5. The van der Waals surface area contributed by atoms with E-state index in [2.05, 4.69) is 33.7 Å². The Labute approximate surface area is 138 Å². The molecule has 1 aromatic heterocycles. The molecule has 1 atom stereocenters. The number of hydrogen-bond donors (Lipinski definition) is 2. The monoisotopic (exact) mass is 314 g/mol. The Bertz CT molecular complexity index is 608. The van der Waals surface area contributed by atoms with Gasteiger partial charge in [-0.15, -0.1) is 0 Å². The van der Waals surface area contributed by atoms with Gasteiger partial charge in [-0.1, -0.05) is 37.3 Å². The number of aromatic amines is 1. The zero-order valence-corrected chi connectivity index (χ0v) is 14.2. The van der Waals surface area contributed by atoms with Crippen LogP contribution in [0.4, 0.5) is 0 Å². The van der Waals surface area contributed by atoms with Gasteiger partial charge in [-0.2, -0.15) is 5.10 Å². The van der Waals surface area contributed by atoms with Gasteiger partial charge >= 0.3 is 0 Å². The third kappa shape index (κ3) is 4.93. The number of nitrogens with zero attached hydrogens (tertiary/aromatic N) is 2.